The number of hydrogen-bond acceptors (Lipinski definition) is 5. The standard InChI is InChI=1S/C16H27N3O2/c1-21-16(20)14-19(12-11-18-10-6-5-9-17)13-15-7-3-2-4-8-15/h2-4,7-8,18H,5-6,9-14,17H2,1H3. The molecular weight excluding hydrogens is 266 g/mol. The molecule has 0 unspecified atom stereocenters. The molecule has 21 heavy (non-hydrogen) atoms. The van der Waals surface area contributed by atoms with Crippen molar-refractivity contribution in [2.45, 2.75) is 19.4 Å². The predicted molar refractivity (Wildman–Crippen MR) is 84.9 cm³/mol. The molecule has 0 heterocycles. The lowest BCUT2D eigenvalue weighted by Crippen LogP contribution is -2.36. The summed E-state index contributed by atoms with van der Waals surface area (Å²) in [6.07, 6.45) is 2.13. The van der Waals surface area contributed by atoms with E-state index in [4.69, 9.17) is 10.5 Å². The summed E-state index contributed by atoms with van der Waals surface area (Å²) in [4.78, 5) is 13.6. The highest BCUT2D eigenvalue weighted by Gasteiger charge is 2.11. The zero-order chi connectivity index (χ0) is 15.3. The summed E-state index contributed by atoms with van der Waals surface area (Å²) in [6.45, 7) is 4.44. The van der Waals surface area contributed by atoms with Crippen LogP contribution in [0.25, 0.3) is 0 Å². The summed E-state index contributed by atoms with van der Waals surface area (Å²) in [5.74, 6) is -0.200. The van der Waals surface area contributed by atoms with Gasteiger partial charge in [-0.2, -0.15) is 0 Å². The van der Waals surface area contributed by atoms with Crippen LogP contribution in [-0.2, 0) is 16.1 Å². The summed E-state index contributed by atoms with van der Waals surface area (Å²) < 4.78 is 4.76. The van der Waals surface area contributed by atoms with Crippen LogP contribution in [0.4, 0.5) is 0 Å². The number of nitrogens with two attached hydrogens (primary N) is 1. The largest absolute Gasteiger partial charge is 0.468 e. The maximum absolute atomic E-state index is 11.5. The number of benzene rings is 1. The van der Waals surface area contributed by atoms with Gasteiger partial charge in [0.1, 0.15) is 0 Å². The van der Waals surface area contributed by atoms with Gasteiger partial charge in [-0.25, -0.2) is 0 Å². The number of carbonyl (C=O) groups is 1. The molecule has 0 saturated heterocycles. The topological polar surface area (TPSA) is 67.6 Å². The Balaban J connectivity index is 2.36. The van der Waals surface area contributed by atoms with E-state index in [0.29, 0.717) is 6.54 Å². The second-order valence-corrected chi connectivity index (χ2v) is 5.02. The average Bonchev–Trinajstić information content (AvgIpc) is 2.51. The van der Waals surface area contributed by atoms with Crippen molar-refractivity contribution in [3.8, 4) is 0 Å². The number of carbonyl (C=O) groups excluding carboxylic acids is 1. The van der Waals surface area contributed by atoms with Gasteiger partial charge in [-0.15, -0.1) is 0 Å². The summed E-state index contributed by atoms with van der Waals surface area (Å²) in [6, 6.07) is 10.2. The second kappa shape index (κ2) is 11.3. The molecule has 0 aliphatic heterocycles. The highest BCUT2D eigenvalue weighted by Crippen LogP contribution is 2.04. The molecule has 3 N–H and O–H groups in total. The highest BCUT2D eigenvalue weighted by molar-refractivity contribution is 5.71. The van der Waals surface area contributed by atoms with Crippen LogP contribution in [0.5, 0.6) is 0 Å². The molecule has 0 atom stereocenters. The third-order valence-corrected chi connectivity index (χ3v) is 3.24. The van der Waals surface area contributed by atoms with Gasteiger partial charge in [-0.3, -0.25) is 9.69 Å². The summed E-state index contributed by atoms with van der Waals surface area (Å²) in [5.41, 5.74) is 6.66. The molecule has 1 aromatic carbocycles. The van der Waals surface area contributed by atoms with Crippen molar-refractivity contribution in [2.24, 2.45) is 5.73 Å². The zero-order valence-corrected chi connectivity index (χ0v) is 12.9. The van der Waals surface area contributed by atoms with E-state index < -0.39 is 0 Å². The maximum Gasteiger partial charge on any atom is 0.319 e. The lowest BCUT2D eigenvalue weighted by Gasteiger charge is -2.21. The van der Waals surface area contributed by atoms with E-state index in [0.717, 1.165) is 45.6 Å². The van der Waals surface area contributed by atoms with Crippen molar-refractivity contribution < 1.29 is 9.53 Å². The summed E-state index contributed by atoms with van der Waals surface area (Å²) in [7, 11) is 1.42. The first kappa shape index (κ1) is 17.6. The molecule has 1 aromatic rings. The molecule has 118 valence electrons. The van der Waals surface area contributed by atoms with Crippen LogP contribution in [0.2, 0.25) is 0 Å². The highest BCUT2D eigenvalue weighted by atomic mass is 16.5. The third-order valence-electron chi connectivity index (χ3n) is 3.24. The normalized spacial score (nSPS) is 10.8. The van der Waals surface area contributed by atoms with Gasteiger partial charge < -0.3 is 15.8 Å². The Labute approximate surface area is 127 Å². The molecule has 0 spiro atoms. The van der Waals surface area contributed by atoms with Gasteiger partial charge in [0.25, 0.3) is 0 Å². The van der Waals surface area contributed by atoms with Crippen LogP contribution in [-0.4, -0.2) is 50.7 Å². The van der Waals surface area contributed by atoms with Crippen molar-refractivity contribution in [1.29, 1.82) is 0 Å². The van der Waals surface area contributed by atoms with Crippen molar-refractivity contribution in [2.75, 3.05) is 39.8 Å². The van der Waals surface area contributed by atoms with Crippen LogP contribution < -0.4 is 11.1 Å². The number of unbranched alkanes of at least 4 members (excludes halogenated alkanes) is 1. The van der Waals surface area contributed by atoms with Crippen LogP contribution in [0.3, 0.4) is 0 Å². The molecule has 5 heteroatoms. The average molecular weight is 293 g/mol. The van der Waals surface area contributed by atoms with Gasteiger partial charge in [0.15, 0.2) is 0 Å². The Hall–Kier alpha value is -1.43. The van der Waals surface area contributed by atoms with Gasteiger partial charge in [-0.1, -0.05) is 30.3 Å². The number of hydrogen-bond donors (Lipinski definition) is 2. The number of nitrogens with zero attached hydrogens (tertiary/aromatic N) is 1. The Morgan fingerprint density at radius 1 is 1.24 bits per heavy atom. The number of nitrogens with one attached hydrogen (secondary N) is 1. The Kier molecular flexibility index (Phi) is 9.44. The van der Waals surface area contributed by atoms with E-state index in [9.17, 15) is 4.79 Å². The number of ether oxygens (including phenoxy) is 1. The van der Waals surface area contributed by atoms with Gasteiger partial charge in [0.05, 0.1) is 13.7 Å². The maximum atomic E-state index is 11.5. The van der Waals surface area contributed by atoms with Crippen LogP contribution in [0, 0.1) is 0 Å². The molecule has 0 bridgehead atoms. The SMILES string of the molecule is COC(=O)CN(CCNCCCCN)Cc1ccccc1. The minimum Gasteiger partial charge on any atom is -0.468 e. The summed E-state index contributed by atoms with van der Waals surface area (Å²) >= 11 is 0. The van der Waals surface area contributed by atoms with Gasteiger partial charge in [-0.05, 0) is 31.5 Å². The lowest BCUT2D eigenvalue weighted by atomic mass is 10.2. The van der Waals surface area contributed by atoms with E-state index in [-0.39, 0.29) is 5.97 Å². The van der Waals surface area contributed by atoms with Crippen LogP contribution >= 0.6 is 0 Å². The first-order valence-electron chi connectivity index (χ1n) is 7.50. The van der Waals surface area contributed by atoms with E-state index >= 15 is 0 Å². The van der Waals surface area contributed by atoms with Crippen molar-refractivity contribution >= 4 is 5.97 Å². The third kappa shape index (κ3) is 8.45. The number of rotatable bonds is 11. The van der Waals surface area contributed by atoms with Crippen LogP contribution in [0.1, 0.15) is 18.4 Å². The second-order valence-electron chi connectivity index (χ2n) is 5.02. The molecule has 0 fully saturated rings. The molecule has 1 rings (SSSR count). The molecule has 5 nitrogen and oxygen atoms in total. The van der Waals surface area contributed by atoms with E-state index in [1.54, 1.807) is 0 Å². The molecule has 0 amide bonds. The Bertz CT molecular complexity index is 384. The Morgan fingerprint density at radius 3 is 2.67 bits per heavy atom. The molecule has 0 saturated carbocycles. The minimum absolute atomic E-state index is 0.200. The monoisotopic (exact) mass is 293 g/mol. The van der Waals surface area contributed by atoms with Crippen LogP contribution in [0.15, 0.2) is 30.3 Å². The summed E-state index contributed by atoms with van der Waals surface area (Å²) in [5, 5.41) is 3.38. The smallest absolute Gasteiger partial charge is 0.319 e. The molecule has 0 aliphatic rings. The zero-order valence-electron chi connectivity index (χ0n) is 12.9. The van der Waals surface area contributed by atoms with Crippen molar-refractivity contribution in [3.63, 3.8) is 0 Å². The quantitative estimate of drug-likeness (QED) is 0.470. The molecular formula is C16H27N3O2. The van der Waals surface area contributed by atoms with E-state index in [1.165, 1.54) is 12.7 Å². The lowest BCUT2D eigenvalue weighted by molar-refractivity contribution is -0.142. The fourth-order valence-electron chi connectivity index (χ4n) is 2.06. The van der Waals surface area contributed by atoms with E-state index in [1.807, 2.05) is 18.2 Å². The Morgan fingerprint density at radius 2 is 2.00 bits per heavy atom. The van der Waals surface area contributed by atoms with Gasteiger partial charge >= 0.3 is 5.97 Å². The molecule has 0 radical (unpaired) electrons. The first-order valence-corrected chi connectivity index (χ1v) is 7.50. The molecule has 0 aliphatic carbocycles. The fraction of sp³-hybridized carbons (Fsp3) is 0.562. The van der Waals surface area contributed by atoms with Gasteiger partial charge in [0.2, 0.25) is 0 Å². The van der Waals surface area contributed by atoms with Crippen molar-refractivity contribution in [1.82, 2.24) is 10.2 Å². The van der Waals surface area contributed by atoms with Gasteiger partial charge in [0, 0.05) is 19.6 Å². The first-order chi connectivity index (χ1) is 10.3. The number of methoxy groups -OCH3 is 1. The number of esters is 1. The predicted octanol–water partition coefficient (Wildman–Crippen LogP) is 0.990. The minimum atomic E-state index is -0.200. The van der Waals surface area contributed by atoms with Crippen molar-refractivity contribution in [3.05, 3.63) is 35.9 Å². The molecule has 0 aromatic heterocycles. The van der Waals surface area contributed by atoms with E-state index in [2.05, 4.69) is 22.3 Å². The fourth-order valence-corrected chi connectivity index (χ4v) is 2.06.